The van der Waals surface area contributed by atoms with Crippen LogP contribution in [0.25, 0.3) is 10.8 Å². The number of ether oxygens (including phenoxy) is 1. The molecular formula is C20H17NO. The summed E-state index contributed by atoms with van der Waals surface area (Å²) in [5.74, 6) is 0.770. The molecule has 0 saturated carbocycles. The molecule has 0 bridgehead atoms. The summed E-state index contributed by atoms with van der Waals surface area (Å²) in [6, 6.07) is 25.2. The molecule has 0 aliphatic carbocycles. The maximum atomic E-state index is 6.05. The van der Waals surface area contributed by atoms with Gasteiger partial charge in [-0.1, -0.05) is 60.7 Å². The highest BCUT2D eigenvalue weighted by Crippen LogP contribution is 2.20. The molecule has 108 valence electrons. The van der Waals surface area contributed by atoms with E-state index in [0.717, 1.165) is 24.4 Å². The molecule has 0 unspecified atom stereocenters. The lowest BCUT2D eigenvalue weighted by atomic mass is 10.1. The molecule has 1 aliphatic heterocycles. The first-order chi connectivity index (χ1) is 10.9. The molecule has 0 N–H and O–H groups in total. The zero-order valence-electron chi connectivity index (χ0n) is 12.3. The lowest BCUT2D eigenvalue weighted by Gasteiger charge is -2.11. The summed E-state index contributed by atoms with van der Waals surface area (Å²) in [4.78, 5) is 4.58. The Hall–Kier alpha value is -2.61. The number of hydrogen-bond acceptors (Lipinski definition) is 2. The summed E-state index contributed by atoms with van der Waals surface area (Å²) in [5.41, 5.74) is 2.36. The molecule has 2 nitrogen and oxygen atoms in total. The van der Waals surface area contributed by atoms with E-state index < -0.39 is 0 Å². The molecule has 0 saturated heterocycles. The van der Waals surface area contributed by atoms with E-state index in [-0.39, 0.29) is 6.10 Å². The third-order valence-electron chi connectivity index (χ3n) is 4.02. The molecule has 0 fully saturated rings. The Morgan fingerprint density at radius 3 is 2.50 bits per heavy atom. The van der Waals surface area contributed by atoms with E-state index in [1.165, 1.54) is 16.3 Å². The van der Waals surface area contributed by atoms with Crippen molar-refractivity contribution in [3.8, 4) is 0 Å². The molecule has 0 radical (unpaired) electrons. The van der Waals surface area contributed by atoms with Crippen LogP contribution in [-0.4, -0.2) is 18.5 Å². The Bertz CT molecular complexity index is 823. The summed E-state index contributed by atoms with van der Waals surface area (Å²) < 4.78 is 6.05. The largest absolute Gasteiger partial charge is 0.472 e. The number of rotatable bonds is 3. The summed E-state index contributed by atoms with van der Waals surface area (Å²) in [5, 5.41) is 2.46. The second kappa shape index (κ2) is 5.64. The van der Waals surface area contributed by atoms with Crippen LogP contribution in [-0.2, 0) is 11.2 Å². The number of fused-ring (bicyclic) bond motifs is 1. The van der Waals surface area contributed by atoms with E-state index in [9.17, 15) is 0 Å². The van der Waals surface area contributed by atoms with Crippen LogP contribution in [0.1, 0.15) is 11.1 Å². The van der Waals surface area contributed by atoms with Gasteiger partial charge in [-0.05, 0) is 28.5 Å². The van der Waals surface area contributed by atoms with Gasteiger partial charge >= 0.3 is 0 Å². The van der Waals surface area contributed by atoms with E-state index in [1.54, 1.807) is 0 Å². The van der Waals surface area contributed by atoms with Crippen molar-refractivity contribution in [2.75, 3.05) is 6.54 Å². The summed E-state index contributed by atoms with van der Waals surface area (Å²) in [7, 11) is 0. The van der Waals surface area contributed by atoms with Gasteiger partial charge in [-0.15, -0.1) is 0 Å². The van der Waals surface area contributed by atoms with Gasteiger partial charge in [-0.3, -0.25) is 0 Å². The summed E-state index contributed by atoms with van der Waals surface area (Å²) in [6.07, 6.45) is 1.05. The number of benzene rings is 3. The monoisotopic (exact) mass is 287 g/mol. The first-order valence-corrected chi connectivity index (χ1v) is 7.63. The molecule has 1 atom stereocenters. The highest BCUT2D eigenvalue weighted by Gasteiger charge is 2.21. The molecule has 1 aliphatic rings. The fourth-order valence-corrected chi connectivity index (χ4v) is 2.88. The van der Waals surface area contributed by atoms with Gasteiger partial charge in [0.15, 0.2) is 0 Å². The Morgan fingerprint density at radius 1 is 0.864 bits per heavy atom. The van der Waals surface area contributed by atoms with Crippen LogP contribution in [0, 0.1) is 0 Å². The quantitative estimate of drug-likeness (QED) is 0.706. The second-order valence-corrected chi connectivity index (χ2v) is 5.64. The maximum absolute atomic E-state index is 6.05. The maximum Gasteiger partial charge on any atom is 0.216 e. The average molecular weight is 287 g/mol. The van der Waals surface area contributed by atoms with E-state index in [0.29, 0.717) is 0 Å². The zero-order chi connectivity index (χ0) is 14.8. The van der Waals surface area contributed by atoms with Crippen molar-refractivity contribution in [2.24, 2.45) is 4.99 Å². The number of nitrogens with zero attached hydrogens (tertiary/aromatic N) is 1. The topological polar surface area (TPSA) is 21.6 Å². The van der Waals surface area contributed by atoms with Gasteiger partial charge in [0, 0.05) is 12.0 Å². The minimum Gasteiger partial charge on any atom is -0.472 e. The smallest absolute Gasteiger partial charge is 0.216 e. The van der Waals surface area contributed by atoms with E-state index in [4.69, 9.17) is 4.74 Å². The van der Waals surface area contributed by atoms with Gasteiger partial charge in [-0.25, -0.2) is 4.99 Å². The second-order valence-electron chi connectivity index (χ2n) is 5.64. The first kappa shape index (κ1) is 13.1. The first-order valence-electron chi connectivity index (χ1n) is 7.63. The molecular weight excluding hydrogens is 270 g/mol. The standard InChI is InChI=1S/C20H17NO/c1-2-6-15(7-3-1)12-19-14-21-20(22-19)18-11-10-16-8-4-5-9-17(16)13-18/h1-11,13,19H,12,14H2/t19-/m0/s1. The third kappa shape index (κ3) is 2.60. The fourth-order valence-electron chi connectivity index (χ4n) is 2.88. The van der Waals surface area contributed by atoms with Crippen molar-refractivity contribution < 1.29 is 4.74 Å². The average Bonchev–Trinajstić information content (AvgIpc) is 3.04. The molecule has 4 rings (SSSR count). The molecule has 22 heavy (non-hydrogen) atoms. The minimum atomic E-state index is 0.142. The van der Waals surface area contributed by atoms with Crippen molar-refractivity contribution in [3.63, 3.8) is 0 Å². The number of aliphatic imine (C=N–C) groups is 1. The van der Waals surface area contributed by atoms with E-state index >= 15 is 0 Å². The highest BCUT2D eigenvalue weighted by molar-refractivity contribution is 5.99. The Morgan fingerprint density at radius 2 is 1.64 bits per heavy atom. The van der Waals surface area contributed by atoms with Crippen LogP contribution in [0.3, 0.4) is 0 Å². The molecule has 1 heterocycles. The van der Waals surface area contributed by atoms with Crippen LogP contribution < -0.4 is 0 Å². The SMILES string of the molecule is c1ccc(C[C@H]2CN=C(c3ccc4ccccc4c3)O2)cc1. The van der Waals surface area contributed by atoms with Crippen LogP contribution in [0.15, 0.2) is 77.8 Å². The lowest BCUT2D eigenvalue weighted by Crippen LogP contribution is -2.16. The van der Waals surface area contributed by atoms with Crippen molar-refractivity contribution in [1.82, 2.24) is 0 Å². The molecule has 0 amide bonds. The molecule has 3 aromatic carbocycles. The van der Waals surface area contributed by atoms with Gasteiger partial charge in [0.2, 0.25) is 5.90 Å². The predicted molar refractivity (Wildman–Crippen MR) is 90.4 cm³/mol. The van der Waals surface area contributed by atoms with Gasteiger partial charge < -0.3 is 4.74 Å². The van der Waals surface area contributed by atoms with Crippen molar-refractivity contribution in [3.05, 3.63) is 83.9 Å². The molecule has 0 spiro atoms. The predicted octanol–water partition coefficient (Wildman–Crippen LogP) is 4.23. The van der Waals surface area contributed by atoms with Gasteiger partial charge in [0.05, 0.1) is 6.54 Å². The summed E-state index contributed by atoms with van der Waals surface area (Å²) >= 11 is 0. The van der Waals surface area contributed by atoms with E-state index in [1.807, 2.05) is 6.07 Å². The lowest BCUT2D eigenvalue weighted by molar-refractivity contribution is 0.225. The van der Waals surface area contributed by atoms with E-state index in [2.05, 4.69) is 71.7 Å². The normalized spacial score (nSPS) is 17.3. The molecule has 2 heteroatoms. The van der Waals surface area contributed by atoms with Crippen LogP contribution in [0.2, 0.25) is 0 Å². The van der Waals surface area contributed by atoms with Crippen LogP contribution >= 0.6 is 0 Å². The zero-order valence-corrected chi connectivity index (χ0v) is 12.3. The molecule has 0 aromatic heterocycles. The van der Waals surface area contributed by atoms with Crippen LogP contribution in [0.4, 0.5) is 0 Å². The minimum absolute atomic E-state index is 0.142. The van der Waals surface area contributed by atoms with Gasteiger partial charge in [-0.2, -0.15) is 0 Å². The molecule has 3 aromatic rings. The third-order valence-corrected chi connectivity index (χ3v) is 4.02. The highest BCUT2D eigenvalue weighted by atomic mass is 16.5. The Labute approximate surface area is 130 Å². The Kier molecular flexibility index (Phi) is 3.36. The van der Waals surface area contributed by atoms with Gasteiger partial charge in [0.1, 0.15) is 6.10 Å². The van der Waals surface area contributed by atoms with Crippen molar-refractivity contribution >= 4 is 16.7 Å². The van der Waals surface area contributed by atoms with Crippen molar-refractivity contribution in [2.45, 2.75) is 12.5 Å². The Balaban J connectivity index is 1.51. The van der Waals surface area contributed by atoms with Crippen LogP contribution in [0.5, 0.6) is 0 Å². The van der Waals surface area contributed by atoms with Gasteiger partial charge in [0.25, 0.3) is 0 Å². The fraction of sp³-hybridized carbons (Fsp3) is 0.150. The summed E-state index contributed by atoms with van der Waals surface area (Å²) in [6.45, 7) is 0.733. The number of hydrogen-bond donors (Lipinski definition) is 0. The van der Waals surface area contributed by atoms with Crippen molar-refractivity contribution in [1.29, 1.82) is 0 Å².